The number of thioether (sulfide) groups is 2. The number of aromatic amines is 2. The molecule has 0 atom stereocenters. The highest BCUT2D eigenvalue weighted by molar-refractivity contribution is 8.00. The molecule has 3 heterocycles. The van der Waals surface area contributed by atoms with Crippen LogP contribution in [0, 0.1) is 0 Å². The molecular formula is C33H27N7O5S2. The molecular weight excluding hydrogens is 639 g/mol. The van der Waals surface area contributed by atoms with Gasteiger partial charge in [0.25, 0.3) is 0 Å². The fourth-order valence-corrected chi connectivity index (χ4v) is 6.18. The van der Waals surface area contributed by atoms with E-state index < -0.39 is 0 Å². The van der Waals surface area contributed by atoms with Gasteiger partial charge < -0.3 is 34.5 Å². The Kier molecular flexibility index (Phi) is 8.42. The zero-order valence-corrected chi connectivity index (χ0v) is 26.8. The van der Waals surface area contributed by atoms with Crippen molar-refractivity contribution in [2.45, 2.75) is 10.3 Å². The topological polar surface area (TPSA) is 160 Å². The molecule has 0 radical (unpaired) electrons. The lowest BCUT2D eigenvalue weighted by molar-refractivity contribution is -0.114. The fourth-order valence-electron chi connectivity index (χ4n) is 4.81. The number of anilines is 2. The van der Waals surface area contributed by atoms with Gasteiger partial charge in [-0.3, -0.25) is 9.59 Å². The van der Waals surface area contributed by atoms with E-state index in [9.17, 15) is 9.59 Å². The summed E-state index contributed by atoms with van der Waals surface area (Å²) in [4.78, 5) is 45.3. The largest absolute Gasteiger partial charge is 0.497 e. The van der Waals surface area contributed by atoms with Gasteiger partial charge in [-0.2, -0.15) is 0 Å². The summed E-state index contributed by atoms with van der Waals surface area (Å²) in [5.41, 5.74) is 6.49. The smallest absolute Gasteiger partial charge is 0.234 e. The Labute approximate surface area is 276 Å². The molecule has 0 bridgehead atoms. The number of fused-ring (bicyclic) bond motifs is 3. The molecule has 4 aromatic carbocycles. The van der Waals surface area contributed by atoms with Gasteiger partial charge in [0, 0.05) is 29.1 Å². The zero-order valence-electron chi connectivity index (χ0n) is 25.1. The maximum Gasteiger partial charge on any atom is 0.234 e. The van der Waals surface area contributed by atoms with Crippen LogP contribution in [0.1, 0.15) is 0 Å². The molecule has 0 aliphatic rings. The minimum absolute atomic E-state index is 0.158. The third-order valence-electron chi connectivity index (χ3n) is 7.10. The van der Waals surface area contributed by atoms with Gasteiger partial charge in [0.15, 0.2) is 15.9 Å². The molecule has 7 rings (SSSR count). The molecule has 47 heavy (non-hydrogen) atoms. The van der Waals surface area contributed by atoms with Crippen molar-refractivity contribution >= 4 is 79.9 Å². The number of benzene rings is 4. The fraction of sp³-hybridized carbons (Fsp3) is 0.121. The first-order valence-corrected chi connectivity index (χ1v) is 16.3. The third kappa shape index (κ3) is 6.88. The molecule has 236 valence electrons. The maximum atomic E-state index is 12.7. The summed E-state index contributed by atoms with van der Waals surface area (Å²) < 4.78 is 16.5. The predicted molar refractivity (Wildman–Crippen MR) is 183 cm³/mol. The van der Waals surface area contributed by atoms with Crippen LogP contribution in [0.5, 0.6) is 11.5 Å². The van der Waals surface area contributed by atoms with Gasteiger partial charge in [-0.15, -0.1) is 0 Å². The summed E-state index contributed by atoms with van der Waals surface area (Å²) in [5, 5.41) is 7.11. The van der Waals surface area contributed by atoms with Crippen LogP contribution in [-0.4, -0.2) is 62.5 Å². The Balaban J connectivity index is 0.928. The van der Waals surface area contributed by atoms with E-state index >= 15 is 0 Å². The number of H-pyrrole nitrogens is 2. The van der Waals surface area contributed by atoms with E-state index in [-0.39, 0.29) is 23.3 Å². The number of amides is 2. The molecule has 14 heteroatoms. The number of hydrogen-bond donors (Lipinski definition) is 4. The molecule has 4 N–H and O–H groups in total. The molecule has 3 aromatic heterocycles. The Morgan fingerprint density at radius 2 is 1.23 bits per heavy atom. The van der Waals surface area contributed by atoms with Crippen molar-refractivity contribution in [1.29, 1.82) is 0 Å². The lowest BCUT2D eigenvalue weighted by Crippen LogP contribution is -2.14. The number of ether oxygens (including phenoxy) is 2. The Morgan fingerprint density at radius 1 is 0.681 bits per heavy atom. The van der Waals surface area contributed by atoms with Gasteiger partial charge >= 0.3 is 0 Å². The Bertz CT molecular complexity index is 2240. The zero-order chi connectivity index (χ0) is 32.3. The second-order valence-electron chi connectivity index (χ2n) is 10.3. The van der Waals surface area contributed by atoms with E-state index in [0.29, 0.717) is 38.7 Å². The lowest BCUT2D eigenvalue weighted by atomic mass is 10.2. The summed E-state index contributed by atoms with van der Waals surface area (Å²) in [7, 11) is 3.22. The molecule has 0 unspecified atom stereocenters. The average molecular weight is 666 g/mol. The molecule has 0 fully saturated rings. The maximum absolute atomic E-state index is 12.7. The highest BCUT2D eigenvalue weighted by atomic mass is 32.2. The first-order chi connectivity index (χ1) is 22.9. The van der Waals surface area contributed by atoms with Crippen LogP contribution >= 0.6 is 23.5 Å². The highest BCUT2D eigenvalue weighted by Gasteiger charge is 2.13. The van der Waals surface area contributed by atoms with Crippen LogP contribution in [-0.2, 0) is 9.59 Å². The van der Waals surface area contributed by atoms with Crippen molar-refractivity contribution in [3.63, 3.8) is 0 Å². The average Bonchev–Trinajstić information content (AvgIpc) is 3.82. The quantitative estimate of drug-likeness (QED) is 0.109. The number of hydrogen-bond acceptors (Lipinski definition) is 10. The summed E-state index contributed by atoms with van der Waals surface area (Å²) in [5.74, 6) is 1.93. The van der Waals surface area contributed by atoms with E-state index in [4.69, 9.17) is 13.9 Å². The summed E-state index contributed by atoms with van der Waals surface area (Å²) in [6, 6.07) is 23.7. The standard InChI is InChI=1S/C33H27N7O5S2/c1-43-21-8-10-23-25(14-21)39-32(37-23)46-16-29(41)34-19-5-3-18(4-6-19)31-36-27-13-20(7-12-28(27)45-31)35-30(42)17-47-33-38-24-11-9-22(44-2)15-26(24)40-33/h3-15H,16-17H2,1-2H3,(H,34,41)(H,35,42)(H,37,39)(H,38,40). The van der Waals surface area contributed by atoms with E-state index in [1.54, 1.807) is 44.6 Å². The number of methoxy groups -OCH3 is 2. The number of carbonyl (C=O) groups is 2. The molecule has 0 saturated heterocycles. The predicted octanol–water partition coefficient (Wildman–Crippen LogP) is 6.73. The SMILES string of the molecule is COc1ccc2nc(SCC(=O)Nc3ccc(-c4nc5cc(NC(=O)CSc6nc7ccc(OC)cc7[nH]6)ccc5o4)cc3)[nH]c2c1. The van der Waals surface area contributed by atoms with Crippen molar-refractivity contribution in [3.05, 3.63) is 78.9 Å². The van der Waals surface area contributed by atoms with Crippen LogP contribution in [0.2, 0.25) is 0 Å². The summed E-state index contributed by atoms with van der Waals surface area (Å²) in [6.45, 7) is 0. The number of nitrogens with zero attached hydrogens (tertiary/aromatic N) is 3. The second kappa shape index (κ2) is 13.1. The van der Waals surface area contributed by atoms with Crippen LogP contribution in [0.25, 0.3) is 44.6 Å². The summed E-state index contributed by atoms with van der Waals surface area (Å²) >= 11 is 2.63. The van der Waals surface area contributed by atoms with Crippen molar-refractivity contribution in [1.82, 2.24) is 24.9 Å². The molecule has 0 aliphatic heterocycles. The molecule has 12 nitrogen and oxygen atoms in total. The molecule has 7 aromatic rings. The van der Waals surface area contributed by atoms with E-state index in [1.807, 2.05) is 48.5 Å². The number of imidazole rings is 2. The van der Waals surface area contributed by atoms with Crippen molar-refractivity contribution in [2.75, 3.05) is 36.4 Å². The molecule has 0 aliphatic carbocycles. The molecule has 2 amide bonds. The van der Waals surface area contributed by atoms with Crippen LogP contribution in [0.3, 0.4) is 0 Å². The first-order valence-electron chi connectivity index (χ1n) is 14.4. The minimum atomic E-state index is -0.176. The van der Waals surface area contributed by atoms with E-state index in [0.717, 1.165) is 39.1 Å². The number of aromatic nitrogens is 5. The van der Waals surface area contributed by atoms with Crippen molar-refractivity contribution in [3.8, 4) is 23.0 Å². The number of carbonyl (C=O) groups excluding carboxylic acids is 2. The Hall–Kier alpha value is -5.47. The number of rotatable bonds is 11. The van der Waals surface area contributed by atoms with Gasteiger partial charge in [-0.25, -0.2) is 15.0 Å². The van der Waals surface area contributed by atoms with Gasteiger partial charge in [-0.05, 0) is 66.7 Å². The van der Waals surface area contributed by atoms with Crippen LogP contribution in [0.4, 0.5) is 11.4 Å². The number of oxazole rings is 1. The first kappa shape index (κ1) is 30.2. The minimum Gasteiger partial charge on any atom is -0.497 e. The third-order valence-corrected chi connectivity index (χ3v) is 8.85. The van der Waals surface area contributed by atoms with Gasteiger partial charge in [-0.1, -0.05) is 23.5 Å². The normalized spacial score (nSPS) is 11.3. The van der Waals surface area contributed by atoms with Gasteiger partial charge in [0.2, 0.25) is 17.7 Å². The summed E-state index contributed by atoms with van der Waals surface area (Å²) in [6.07, 6.45) is 0. The number of nitrogens with one attached hydrogen (secondary N) is 4. The van der Waals surface area contributed by atoms with Crippen molar-refractivity contribution < 1.29 is 23.5 Å². The van der Waals surface area contributed by atoms with E-state index in [1.165, 1.54) is 23.5 Å². The molecule has 0 spiro atoms. The Morgan fingerprint density at radius 3 is 1.81 bits per heavy atom. The second-order valence-corrected chi connectivity index (χ2v) is 12.2. The van der Waals surface area contributed by atoms with Crippen LogP contribution in [0.15, 0.2) is 93.6 Å². The molecule has 0 saturated carbocycles. The van der Waals surface area contributed by atoms with Crippen LogP contribution < -0.4 is 20.1 Å². The van der Waals surface area contributed by atoms with Gasteiger partial charge in [0.05, 0.1) is 47.8 Å². The van der Waals surface area contributed by atoms with Gasteiger partial charge in [0.1, 0.15) is 17.0 Å². The van der Waals surface area contributed by atoms with E-state index in [2.05, 4.69) is 35.6 Å². The highest BCUT2D eigenvalue weighted by Crippen LogP contribution is 2.29. The monoisotopic (exact) mass is 665 g/mol. The lowest BCUT2D eigenvalue weighted by Gasteiger charge is -2.05. The van der Waals surface area contributed by atoms with Crippen molar-refractivity contribution in [2.24, 2.45) is 0 Å².